The summed E-state index contributed by atoms with van der Waals surface area (Å²) in [5, 5.41) is 0.489. The average molecular weight is 411 g/mol. The topological polar surface area (TPSA) is 63.4 Å². The molecule has 148 valence electrons. The first-order valence-corrected chi connectivity index (χ1v) is 9.45. The molecule has 0 unspecified atom stereocenters. The van der Waals surface area contributed by atoms with Crippen LogP contribution in [0, 0.1) is 5.82 Å². The maximum atomic E-state index is 14.6. The molecule has 0 saturated heterocycles. The van der Waals surface area contributed by atoms with Gasteiger partial charge in [-0.25, -0.2) is 4.39 Å². The van der Waals surface area contributed by atoms with Crippen molar-refractivity contribution in [1.29, 1.82) is 0 Å². The number of primary amides is 1. The van der Waals surface area contributed by atoms with Crippen LogP contribution in [0.2, 0.25) is 5.02 Å². The van der Waals surface area contributed by atoms with Crippen molar-refractivity contribution in [2.24, 2.45) is 5.73 Å². The lowest BCUT2D eigenvalue weighted by Gasteiger charge is -2.35. The van der Waals surface area contributed by atoms with Crippen LogP contribution in [0.25, 0.3) is 0 Å². The van der Waals surface area contributed by atoms with Crippen LogP contribution in [0.4, 0.5) is 4.39 Å². The molecular weight excluding hydrogens is 391 g/mol. The summed E-state index contributed by atoms with van der Waals surface area (Å²) in [6, 6.07) is 19.4. The Morgan fingerprint density at radius 1 is 0.966 bits per heavy atom. The van der Waals surface area contributed by atoms with Crippen molar-refractivity contribution < 1.29 is 14.0 Å². The first kappa shape index (κ1) is 20.6. The number of nitrogens with zero attached hydrogens (tertiary/aromatic N) is 1. The molecule has 0 heterocycles. The van der Waals surface area contributed by atoms with E-state index >= 15 is 0 Å². The van der Waals surface area contributed by atoms with E-state index in [4.69, 9.17) is 17.3 Å². The normalized spacial score (nSPS) is 12.8. The molecular formula is C23H20ClFN2O2. The van der Waals surface area contributed by atoms with Crippen LogP contribution in [0.1, 0.15) is 40.5 Å². The van der Waals surface area contributed by atoms with E-state index in [0.29, 0.717) is 16.1 Å². The molecule has 3 aromatic carbocycles. The van der Waals surface area contributed by atoms with Crippen molar-refractivity contribution in [2.45, 2.75) is 19.0 Å². The zero-order valence-electron chi connectivity index (χ0n) is 15.8. The number of amides is 2. The monoisotopic (exact) mass is 410 g/mol. The van der Waals surface area contributed by atoms with Crippen molar-refractivity contribution in [2.75, 3.05) is 0 Å². The zero-order chi connectivity index (χ0) is 21.0. The second-order valence-electron chi connectivity index (χ2n) is 6.64. The van der Waals surface area contributed by atoms with E-state index in [0.717, 1.165) is 0 Å². The molecule has 29 heavy (non-hydrogen) atoms. The third-order valence-corrected chi connectivity index (χ3v) is 4.99. The molecule has 0 saturated carbocycles. The largest absolute Gasteiger partial charge is 0.368 e. The minimum Gasteiger partial charge on any atom is -0.368 e. The number of benzene rings is 3. The smallest absolute Gasteiger partial charge is 0.255 e. The maximum absolute atomic E-state index is 14.6. The summed E-state index contributed by atoms with van der Waals surface area (Å²) in [7, 11) is 0. The highest BCUT2D eigenvalue weighted by Gasteiger charge is 2.36. The molecule has 2 amide bonds. The van der Waals surface area contributed by atoms with Gasteiger partial charge in [0.2, 0.25) is 5.91 Å². The van der Waals surface area contributed by atoms with Gasteiger partial charge in [-0.15, -0.1) is 0 Å². The minimum absolute atomic E-state index is 0.0400. The van der Waals surface area contributed by atoms with Crippen LogP contribution in [-0.4, -0.2) is 16.7 Å². The van der Waals surface area contributed by atoms with Crippen LogP contribution >= 0.6 is 11.6 Å². The molecule has 0 fully saturated rings. The number of halogens is 2. The van der Waals surface area contributed by atoms with Gasteiger partial charge in [0.25, 0.3) is 5.91 Å². The molecule has 2 atom stereocenters. The van der Waals surface area contributed by atoms with Crippen LogP contribution in [0.3, 0.4) is 0 Å². The van der Waals surface area contributed by atoms with Gasteiger partial charge in [0.15, 0.2) is 0 Å². The summed E-state index contributed by atoms with van der Waals surface area (Å²) < 4.78 is 14.6. The molecule has 3 rings (SSSR count). The number of hydrogen-bond acceptors (Lipinski definition) is 2. The van der Waals surface area contributed by atoms with Crippen molar-refractivity contribution in [3.8, 4) is 0 Å². The highest BCUT2D eigenvalue weighted by Crippen LogP contribution is 2.34. The van der Waals surface area contributed by atoms with E-state index in [-0.39, 0.29) is 5.56 Å². The van der Waals surface area contributed by atoms with E-state index in [1.807, 2.05) is 0 Å². The zero-order valence-corrected chi connectivity index (χ0v) is 16.5. The molecule has 0 spiro atoms. The highest BCUT2D eigenvalue weighted by molar-refractivity contribution is 6.30. The molecule has 0 aromatic heterocycles. The predicted molar refractivity (Wildman–Crippen MR) is 111 cm³/mol. The van der Waals surface area contributed by atoms with E-state index in [1.165, 1.54) is 23.1 Å². The van der Waals surface area contributed by atoms with Gasteiger partial charge >= 0.3 is 0 Å². The lowest BCUT2D eigenvalue weighted by Crippen LogP contribution is -2.43. The van der Waals surface area contributed by atoms with E-state index < -0.39 is 29.7 Å². The first-order chi connectivity index (χ1) is 13.9. The Bertz CT molecular complexity index is 1030. The predicted octanol–water partition coefficient (Wildman–Crippen LogP) is 4.91. The molecule has 0 aliphatic carbocycles. The summed E-state index contributed by atoms with van der Waals surface area (Å²) in [4.78, 5) is 27.2. The fraction of sp³-hybridized carbons (Fsp3) is 0.130. The van der Waals surface area contributed by atoms with Crippen molar-refractivity contribution in [3.63, 3.8) is 0 Å². The fourth-order valence-electron chi connectivity index (χ4n) is 3.31. The van der Waals surface area contributed by atoms with Crippen molar-refractivity contribution >= 4 is 23.4 Å². The van der Waals surface area contributed by atoms with Crippen LogP contribution in [-0.2, 0) is 4.79 Å². The lowest BCUT2D eigenvalue weighted by atomic mass is 9.97. The number of nitrogens with two attached hydrogens (primary N) is 1. The second-order valence-corrected chi connectivity index (χ2v) is 7.07. The van der Waals surface area contributed by atoms with Gasteiger partial charge in [-0.05, 0) is 42.8 Å². The SMILES string of the molecule is C[C@H](c1cccc(Cl)c1)N(C(=O)c1ccccc1)[C@H](C(N)=O)c1ccccc1F. The Morgan fingerprint density at radius 2 is 1.62 bits per heavy atom. The molecule has 3 aromatic rings. The van der Waals surface area contributed by atoms with Gasteiger partial charge < -0.3 is 10.6 Å². The first-order valence-electron chi connectivity index (χ1n) is 9.07. The quantitative estimate of drug-likeness (QED) is 0.627. The summed E-state index contributed by atoms with van der Waals surface area (Å²) >= 11 is 6.12. The second kappa shape index (κ2) is 8.88. The van der Waals surface area contributed by atoms with E-state index in [2.05, 4.69) is 0 Å². The number of rotatable bonds is 6. The maximum Gasteiger partial charge on any atom is 0.255 e. The van der Waals surface area contributed by atoms with Crippen LogP contribution < -0.4 is 5.73 Å². The van der Waals surface area contributed by atoms with E-state index in [1.54, 1.807) is 67.6 Å². The molecule has 0 aliphatic heterocycles. The number of carbonyl (C=O) groups excluding carboxylic acids is 2. The Hall–Kier alpha value is -3.18. The lowest BCUT2D eigenvalue weighted by molar-refractivity contribution is -0.123. The van der Waals surface area contributed by atoms with Crippen molar-refractivity contribution in [1.82, 2.24) is 4.90 Å². The Labute approximate surface area is 173 Å². The highest BCUT2D eigenvalue weighted by atomic mass is 35.5. The third kappa shape index (κ3) is 4.46. The molecule has 4 nitrogen and oxygen atoms in total. The van der Waals surface area contributed by atoms with Gasteiger partial charge in [0.1, 0.15) is 11.9 Å². The Kier molecular flexibility index (Phi) is 6.29. The summed E-state index contributed by atoms with van der Waals surface area (Å²) in [6.45, 7) is 1.75. The number of carbonyl (C=O) groups is 2. The molecule has 0 radical (unpaired) electrons. The van der Waals surface area contributed by atoms with Gasteiger partial charge in [0.05, 0.1) is 6.04 Å². The van der Waals surface area contributed by atoms with Crippen molar-refractivity contribution in [3.05, 3.63) is 106 Å². The Balaban J connectivity index is 2.16. The Morgan fingerprint density at radius 3 is 2.24 bits per heavy atom. The summed E-state index contributed by atoms with van der Waals surface area (Å²) in [6.07, 6.45) is 0. The summed E-state index contributed by atoms with van der Waals surface area (Å²) in [5.74, 6) is -1.88. The van der Waals surface area contributed by atoms with Crippen LogP contribution in [0.5, 0.6) is 0 Å². The molecule has 2 N–H and O–H groups in total. The standard InChI is InChI=1S/C23H20ClFN2O2/c1-15(17-10-7-11-18(24)14-17)27(23(29)16-8-3-2-4-9-16)21(22(26)28)19-12-5-6-13-20(19)25/h2-15,21H,1H3,(H2,26,28)/t15-,21+/m1/s1. The molecule has 0 aliphatic rings. The number of hydrogen-bond donors (Lipinski definition) is 1. The molecule has 6 heteroatoms. The van der Waals surface area contributed by atoms with E-state index in [9.17, 15) is 14.0 Å². The average Bonchev–Trinajstić information content (AvgIpc) is 2.72. The minimum atomic E-state index is -1.29. The van der Waals surface area contributed by atoms with Gasteiger partial charge in [-0.3, -0.25) is 9.59 Å². The van der Waals surface area contributed by atoms with Gasteiger partial charge in [-0.1, -0.05) is 60.1 Å². The van der Waals surface area contributed by atoms with Gasteiger partial charge in [-0.2, -0.15) is 0 Å². The van der Waals surface area contributed by atoms with Gasteiger partial charge in [0, 0.05) is 16.1 Å². The fourth-order valence-corrected chi connectivity index (χ4v) is 3.51. The van der Waals surface area contributed by atoms with Crippen LogP contribution in [0.15, 0.2) is 78.9 Å². The summed E-state index contributed by atoms with van der Waals surface area (Å²) in [5.41, 5.74) is 6.78. The third-order valence-electron chi connectivity index (χ3n) is 4.75. The molecule has 0 bridgehead atoms.